The highest BCUT2D eigenvalue weighted by molar-refractivity contribution is 9.10. The van der Waals surface area contributed by atoms with Gasteiger partial charge in [0.1, 0.15) is 5.52 Å². The van der Waals surface area contributed by atoms with Crippen molar-refractivity contribution >= 4 is 33.0 Å². The fourth-order valence-corrected chi connectivity index (χ4v) is 1.81. The lowest BCUT2D eigenvalue weighted by atomic mass is 10.1. The third kappa shape index (κ3) is 1.21. The van der Waals surface area contributed by atoms with Crippen molar-refractivity contribution in [3.63, 3.8) is 0 Å². The number of nitrogens with zero attached hydrogens (tertiary/aromatic N) is 1. The predicted molar refractivity (Wildman–Crippen MR) is 55.6 cm³/mol. The molecule has 0 fully saturated rings. The average molecular weight is 241 g/mol. The van der Waals surface area contributed by atoms with Crippen molar-refractivity contribution < 1.29 is 4.42 Å². The lowest BCUT2D eigenvalue weighted by molar-refractivity contribution is 0.623. The molecule has 0 atom stereocenters. The highest BCUT2D eigenvalue weighted by Gasteiger charge is 2.10. The number of fused-ring (bicyclic) bond motifs is 1. The van der Waals surface area contributed by atoms with Crippen LogP contribution in [-0.2, 0) is 0 Å². The van der Waals surface area contributed by atoms with Crippen LogP contribution < -0.4 is 5.73 Å². The van der Waals surface area contributed by atoms with Gasteiger partial charge < -0.3 is 10.2 Å². The van der Waals surface area contributed by atoms with Crippen molar-refractivity contribution in [2.24, 2.45) is 0 Å². The minimum absolute atomic E-state index is 0.218. The molecule has 2 rings (SSSR count). The highest BCUT2D eigenvalue weighted by atomic mass is 79.9. The Labute approximate surface area is 84.1 Å². The van der Waals surface area contributed by atoms with E-state index in [1.54, 1.807) is 0 Å². The van der Waals surface area contributed by atoms with Crippen molar-refractivity contribution in [1.29, 1.82) is 0 Å². The Morgan fingerprint density at radius 3 is 2.77 bits per heavy atom. The van der Waals surface area contributed by atoms with Gasteiger partial charge >= 0.3 is 0 Å². The maximum atomic E-state index is 5.47. The topological polar surface area (TPSA) is 52.0 Å². The second-order valence-electron chi connectivity index (χ2n) is 3.01. The Morgan fingerprint density at radius 2 is 2.08 bits per heavy atom. The molecule has 0 saturated heterocycles. The lowest BCUT2D eigenvalue weighted by Gasteiger charge is -2.01. The van der Waals surface area contributed by atoms with E-state index in [2.05, 4.69) is 20.9 Å². The average Bonchev–Trinajstić information content (AvgIpc) is 2.42. The molecule has 0 unspecified atom stereocenters. The second-order valence-corrected chi connectivity index (χ2v) is 3.86. The Hall–Kier alpha value is -1.03. The molecule has 0 spiro atoms. The third-order valence-electron chi connectivity index (χ3n) is 2.19. The first-order chi connectivity index (χ1) is 6.09. The molecule has 13 heavy (non-hydrogen) atoms. The molecule has 0 aliphatic rings. The molecule has 1 aromatic carbocycles. The number of halogens is 1. The Balaban J connectivity index is 2.92. The first-order valence-electron chi connectivity index (χ1n) is 3.91. The SMILES string of the molecule is Cc1c(Br)cc2nc(N)oc2c1C. The van der Waals surface area contributed by atoms with Crippen molar-refractivity contribution in [2.45, 2.75) is 13.8 Å². The zero-order chi connectivity index (χ0) is 9.59. The molecule has 0 aliphatic heterocycles. The summed E-state index contributed by atoms with van der Waals surface area (Å²) in [5.74, 6) is 0. The molecular formula is C9H9BrN2O. The first kappa shape index (κ1) is 8.56. The summed E-state index contributed by atoms with van der Waals surface area (Å²) in [6.07, 6.45) is 0. The summed E-state index contributed by atoms with van der Waals surface area (Å²) in [4.78, 5) is 4.06. The molecule has 0 aliphatic carbocycles. The molecule has 4 heteroatoms. The number of hydrogen-bond acceptors (Lipinski definition) is 3. The largest absolute Gasteiger partial charge is 0.423 e. The zero-order valence-corrected chi connectivity index (χ0v) is 8.97. The van der Waals surface area contributed by atoms with Crippen LogP contribution in [0.2, 0.25) is 0 Å². The number of rotatable bonds is 0. The van der Waals surface area contributed by atoms with E-state index in [1.165, 1.54) is 0 Å². The van der Waals surface area contributed by atoms with Gasteiger partial charge in [-0.25, -0.2) is 0 Å². The van der Waals surface area contributed by atoms with Gasteiger partial charge in [-0.1, -0.05) is 15.9 Å². The van der Waals surface area contributed by atoms with E-state index in [-0.39, 0.29) is 6.01 Å². The molecule has 68 valence electrons. The maximum absolute atomic E-state index is 5.47. The monoisotopic (exact) mass is 240 g/mol. The first-order valence-corrected chi connectivity index (χ1v) is 4.70. The molecular weight excluding hydrogens is 232 g/mol. The molecule has 0 amide bonds. The summed E-state index contributed by atoms with van der Waals surface area (Å²) in [5, 5.41) is 0. The fraction of sp³-hybridized carbons (Fsp3) is 0.222. The number of aromatic nitrogens is 1. The van der Waals surface area contributed by atoms with Gasteiger partial charge in [0.25, 0.3) is 6.01 Å². The van der Waals surface area contributed by atoms with Gasteiger partial charge in [-0.2, -0.15) is 4.98 Å². The van der Waals surface area contributed by atoms with Crippen LogP contribution in [0.15, 0.2) is 15.0 Å². The molecule has 0 radical (unpaired) electrons. The van der Waals surface area contributed by atoms with Gasteiger partial charge in [0.15, 0.2) is 5.58 Å². The minimum atomic E-state index is 0.218. The Morgan fingerprint density at radius 1 is 1.38 bits per heavy atom. The molecule has 1 aromatic heterocycles. The van der Waals surface area contributed by atoms with Crippen LogP contribution in [0.4, 0.5) is 6.01 Å². The summed E-state index contributed by atoms with van der Waals surface area (Å²) in [7, 11) is 0. The summed E-state index contributed by atoms with van der Waals surface area (Å²) in [6, 6.07) is 2.13. The maximum Gasteiger partial charge on any atom is 0.292 e. The van der Waals surface area contributed by atoms with Crippen molar-refractivity contribution in [2.75, 3.05) is 5.73 Å². The normalized spacial score (nSPS) is 11.0. The smallest absolute Gasteiger partial charge is 0.292 e. The fourth-order valence-electron chi connectivity index (χ4n) is 1.29. The van der Waals surface area contributed by atoms with Gasteiger partial charge in [0, 0.05) is 4.47 Å². The zero-order valence-electron chi connectivity index (χ0n) is 7.39. The van der Waals surface area contributed by atoms with E-state index >= 15 is 0 Å². The third-order valence-corrected chi connectivity index (χ3v) is 3.02. The van der Waals surface area contributed by atoms with Crippen molar-refractivity contribution in [3.8, 4) is 0 Å². The van der Waals surface area contributed by atoms with Crippen LogP contribution in [0.25, 0.3) is 11.1 Å². The number of hydrogen-bond donors (Lipinski definition) is 1. The quantitative estimate of drug-likeness (QED) is 0.771. The van der Waals surface area contributed by atoms with Crippen molar-refractivity contribution in [3.05, 3.63) is 21.7 Å². The predicted octanol–water partition coefficient (Wildman–Crippen LogP) is 2.79. The number of nitrogen functional groups attached to an aromatic ring is 1. The molecule has 0 bridgehead atoms. The van der Waals surface area contributed by atoms with Crippen LogP contribution in [0.1, 0.15) is 11.1 Å². The molecule has 1 heterocycles. The van der Waals surface area contributed by atoms with E-state index in [4.69, 9.17) is 10.2 Å². The number of anilines is 1. The van der Waals surface area contributed by atoms with Crippen LogP contribution in [-0.4, -0.2) is 4.98 Å². The van der Waals surface area contributed by atoms with E-state index in [0.29, 0.717) is 0 Å². The number of nitrogens with two attached hydrogens (primary N) is 1. The highest BCUT2D eigenvalue weighted by Crippen LogP contribution is 2.29. The number of aryl methyl sites for hydroxylation is 1. The standard InChI is InChI=1S/C9H9BrN2O/c1-4-5(2)8-7(3-6(4)10)12-9(11)13-8/h3H,1-2H3,(H2,11,12). The molecule has 2 aromatic rings. The van der Waals surface area contributed by atoms with Gasteiger partial charge in [0.05, 0.1) is 0 Å². The van der Waals surface area contributed by atoms with Crippen molar-refractivity contribution in [1.82, 2.24) is 4.98 Å². The summed E-state index contributed by atoms with van der Waals surface area (Å²) in [5.41, 5.74) is 9.27. The van der Waals surface area contributed by atoms with Crippen LogP contribution in [0.3, 0.4) is 0 Å². The molecule has 2 N–H and O–H groups in total. The number of oxazole rings is 1. The number of benzene rings is 1. The van der Waals surface area contributed by atoms with E-state index < -0.39 is 0 Å². The minimum Gasteiger partial charge on any atom is -0.423 e. The molecule has 3 nitrogen and oxygen atoms in total. The van der Waals surface area contributed by atoms with Gasteiger partial charge in [-0.3, -0.25) is 0 Å². The lowest BCUT2D eigenvalue weighted by Crippen LogP contribution is -1.83. The summed E-state index contributed by atoms with van der Waals surface area (Å²) < 4.78 is 6.31. The van der Waals surface area contributed by atoms with Crippen LogP contribution in [0.5, 0.6) is 0 Å². The Bertz CT molecular complexity index is 476. The summed E-state index contributed by atoms with van der Waals surface area (Å²) in [6.45, 7) is 4.02. The Kier molecular flexibility index (Phi) is 1.80. The van der Waals surface area contributed by atoms with E-state index in [1.807, 2.05) is 19.9 Å². The van der Waals surface area contributed by atoms with Gasteiger partial charge in [0.2, 0.25) is 0 Å². The summed E-state index contributed by atoms with van der Waals surface area (Å²) >= 11 is 3.45. The van der Waals surface area contributed by atoms with Crippen LogP contribution in [0, 0.1) is 13.8 Å². The van der Waals surface area contributed by atoms with Gasteiger partial charge in [-0.15, -0.1) is 0 Å². The van der Waals surface area contributed by atoms with Crippen LogP contribution >= 0.6 is 15.9 Å². The van der Waals surface area contributed by atoms with Gasteiger partial charge in [-0.05, 0) is 31.0 Å². The second kappa shape index (κ2) is 2.73. The van der Waals surface area contributed by atoms with E-state index in [9.17, 15) is 0 Å². The molecule has 0 saturated carbocycles. The van der Waals surface area contributed by atoms with E-state index in [0.717, 1.165) is 26.7 Å².